The first kappa shape index (κ1) is 17.4. The predicted octanol–water partition coefficient (Wildman–Crippen LogP) is 6.89. The van der Waals surface area contributed by atoms with Crippen LogP contribution in [0.1, 0.15) is 43.4 Å². The Morgan fingerprint density at radius 1 is 0.773 bits per heavy atom. The molecule has 0 atom stereocenters. The van der Waals surface area contributed by atoms with Crippen molar-refractivity contribution in [3.05, 3.63) is 69.2 Å². The van der Waals surface area contributed by atoms with Crippen LogP contribution in [0.25, 0.3) is 0 Å². The second kappa shape index (κ2) is 7.53. The summed E-state index contributed by atoms with van der Waals surface area (Å²) in [5.41, 5.74) is 4.32. The van der Waals surface area contributed by atoms with Crippen LogP contribution in [0.2, 0.25) is 10.0 Å². The average molecular weight is 335 g/mol. The Bertz CT molecular complexity index is 612. The van der Waals surface area contributed by atoms with E-state index in [1.54, 1.807) is 0 Å². The molecule has 22 heavy (non-hydrogen) atoms. The number of halogens is 2. The SMILES string of the molecule is Cc1ccc(CCC(C)(C)CCc2ccc(Cl)c(Cl)c2)cc1. The summed E-state index contributed by atoms with van der Waals surface area (Å²) in [7, 11) is 0. The Labute approximate surface area is 144 Å². The highest BCUT2D eigenvalue weighted by Gasteiger charge is 2.17. The Kier molecular flexibility index (Phi) is 5.94. The molecule has 0 spiro atoms. The topological polar surface area (TPSA) is 0 Å². The molecular formula is C20H24Cl2. The van der Waals surface area contributed by atoms with Crippen molar-refractivity contribution >= 4 is 23.2 Å². The van der Waals surface area contributed by atoms with E-state index in [9.17, 15) is 0 Å². The fourth-order valence-electron chi connectivity index (χ4n) is 2.54. The van der Waals surface area contributed by atoms with Gasteiger partial charge >= 0.3 is 0 Å². The van der Waals surface area contributed by atoms with Crippen LogP contribution in [0.4, 0.5) is 0 Å². The van der Waals surface area contributed by atoms with E-state index in [0.717, 1.165) is 19.3 Å². The highest BCUT2D eigenvalue weighted by atomic mass is 35.5. The van der Waals surface area contributed by atoms with Crippen LogP contribution in [0.3, 0.4) is 0 Å². The lowest BCUT2D eigenvalue weighted by Gasteiger charge is -2.25. The van der Waals surface area contributed by atoms with E-state index < -0.39 is 0 Å². The van der Waals surface area contributed by atoms with Crippen molar-refractivity contribution in [1.29, 1.82) is 0 Å². The lowest BCUT2D eigenvalue weighted by molar-refractivity contribution is 0.308. The van der Waals surface area contributed by atoms with Gasteiger partial charge in [-0.2, -0.15) is 0 Å². The summed E-state index contributed by atoms with van der Waals surface area (Å²) in [6, 6.07) is 14.8. The summed E-state index contributed by atoms with van der Waals surface area (Å²) in [6.07, 6.45) is 4.51. The van der Waals surface area contributed by atoms with E-state index in [0.29, 0.717) is 15.5 Å². The van der Waals surface area contributed by atoms with E-state index in [2.05, 4.69) is 51.1 Å². The molecule has 0 fully saturated rings. The van der Waals surface area contributed by atoms with Crippen LogP contribution in [0.15, 0.2) is 42.5 Å². The van der Waals surface area contributed by atoms with Crippen molar-refractivity contribution in [2.75, 3.05) is 0 Å². The fourth-order valence-corrected chi connectivity index (χ4v) is 2.86. The van der Waals surface area contributed by atoms with Crippen LogP contribution in [-0.2, 0) is 12.8 Å². The van der Waals surface area contributed by atoms with Gasteiger partial charge in [0, 0.05) is 0 Å². The molecule has 0 aliphatic carbocycles. The van der Waals surface area contributed by atoms with Crippen LogP contribution in [0.5, 0.6) is 0 Å². The molecule has 118 valence electrons. The monoisotopic (exact) mass is 334 g/mol. The molecule has 0 aromatic heterocycles. The first-order chi connectivity index (χ1) is 10.4. The van der Waals surface area contributed by atoms with Crippen molar-refractivity contribution < 1.29 is 0 Å². The smallest absolute Gasteiger partial charge is 0.0595 e. The van der Waals surface area contributed by atoms with E-state index >= 15 is 0 Å². The summed E-state index contributed by atoms with van der Waals surface area (Å²) in [5, 5.41) is 1.28. The van der Waals surface area contributed by atoms with E-state index in [-0.39, 0.29) is 0 Å². The van der Waals surface area contributed by atoms with Gasteiger partial charge in [0.1, 0.15) is 0 Å². The molecule has 0 aliphatic heterocycles. The van der Waals surface area contributed by atoms with Crippen LogP contribution < -0.4 is 0 Å². The van der Waals surface area contributed by atoms with Crippen molar-refractivity contribution in [2.45, 2.75) is 46.5 Å². The first-order valence-electron chi connectivity index (χ1n) is 7.85. The van der Waals surface area contributed by atoms with Gasteiger partial charge in [-0.1, -0.05) is 72.9 Å². The highest BCUT2D eigenvalue weighted by Crippen LogP contribution is 2.30. The van der Waals surface area contributed by atoms with Gasteiger partial charge in [0.2, 0.25) is 0 Å². The molecule has 0 radical (unpaired) electrons. The maximum atomic E-state index is 6.09. The van der Waals surface area contributed by atoms with Gasteiger partial charge < -0.3 is 0 Å². The van der Waals surface area contributed by atoms with Gasteiger partial charge in [-0.25, -0.2) is 0 Å². The number of aryl methyl sites for hydroxylation is 3. The minimum absolute atomic E-state index is 0.316. The Morgan fingerprint density at radius 2 is 1.32 bits per heavy atom. The van der Waals surface area contributed by atoms with Crippen molar-refractivity contribution in [1.82, 2.24) is 0 Å². The molecule has 2 heteroatoms. The number of rotatable bonds is 6. The second-order valence-electron chi connectivity index (χ2n) is 6.90. The third-order valence-electron chi connectivity index (χ3n) is 4.29. The summed E-state index contributed by atoms with van der Waals surface area (Å²) in [4.78, 5) is 0. The largest absolute Gasteiger partial charge is 0.0827 e. The lowest BCUT2D eigenvalue weighted by Crippen LogP contribution is -2.14. The molecule has 0 heterocycles. The Hall–Kier alpha value is -0.980. The van der Waals surface area contributed by atoms with Gasteiger partial charge in [-0.3, -0.25) is 0 Å². The number of hydrogen-bond donors (Lipinski definition) is 0. The van der Waals surface area contributed by atoms with Crippen molar-refractivity contribution in [3.8, 4) is 0 Å². The molecule has 0 aliphatic rings. The van der Waals surface area contributed by atoms with Gasteiger partial charge in [0.15, 0.2) is 0 Å². The zero-order chi connectivity index (χ0) is 16.2. The molecule has 0 saturated carbocycles. The van der Waals surface area contributed by atoms with Gasteiger partial charge in [-0.15, -0.1) is 0 Å². The van der Waals surface area contributed by atoms with Gasteiger partial charge in [0.25, 0.3) is 0 Å². The summed E-state index contributed by atoms with van der Waals surface area (Å²) in [6.45, 7) is 6.82. The Balaban J connectivity index is 1.87. The van der Waals surface area contributed by atoms with Crippen LogP contribution in [-0.4, -0.2) is 0 Å². The third-order valence-corrected chi connectivity index (χ3v) is 5.02. The normalized spacial score (nSPS) is 11.7. The maximum Gasteiger partial charge on any atom is 0.0595 e. The molecule has 0 nitrogen and oxygen atoms in total. The minimum Gasteiger partial charge on any atom is -0.0827 e. The first-order valence-corrected chi connectivity index (χ1v) is 8.61. The fraction of sp³-hybridized carbons (Fsp3) is 0.400. The zero-order valence-corrected chi connectivity index (χ0v) is 15.1. The van der Waals surface area contributed by atoms with Crippen molar-refractivity contribution in [3.63, 3.8) is 0 Å². The van der Waals surface area contributed by atoms with Gasteiger partial charge in [-0.05, 0) is 61.3 Å². The lowest BCUT2D eigenvalue weighted by atomic mass is 9.81. The molecule has 2 aromatic carbocycles. The predicted molar refractivity (Wildman–Crippen MR) is 98.1 cm³/mol. The number of hydrogen-bond acceptors (Lipinski definition) is 0. The molecule has 0 N–H and O–H groups in total. The summed E-state index contributed by atoms with van der Waals surface area (Å²) >= 11 is 12.1. The molecule has 0 bridgehead atoms. The molecule has 0 amide bonds. The highest BCUT2D eigenvalue weighted by molar-refractivity contribution is 6.42. The third kappa shape index (κ3) is 5.34. The quantitative estimate of drug-likeness (QED) is 0.539. The van der Waals surface area contributed by atoms with Gasteiger partial charge in [0.05, 0.1) is 10.0 Å². The molecule has 2 aromatic rings. The molecule has 2 rings (SSSR count). The number of benzene rings is 2. The van der Waals surface area contributed by atoms with E-state index in [1.165, 1.54) is 23.1 Å². The summed E-state index contributed by atoms with van der Waals surface area (Å²) in [5.74, 6) is 0. The minimum atomic E-state index is 0.316. The average Bonchev–Trinajstić information content (AvgIpc) is 2.48. The second-order valence-corrected chi connectivity index (χ2v) is 7.71. The molecular weight excluding hydrogens is 311 g/mol. The standard InChI is InChI=1S/C20H24Cl2/c1-15-4-6-16(7-5-15)10-12-20(2,3)13-11-17-8-9-18(21)19(22)14-17/h4-9,14H,10-13H2,1-3H3. The summed E-state index contributed by atoms with van der Waals surface area (Å²) < 4.78 is 0. The van der Waals surface area contributed by atoms with Crippen molar-refractivity contribution in [2.24, 2.45) is 5.41 Å². The van der Waals surface area contributed by atoms with E-state index in [4.69, 9.17) is 23.2 Å². The maximum absolute atomic E-state index is 6.09. The molecule has 0 unspecified atom stereocenters. The Morgan fingerprint density at radius 3 is 1.91 bits per heavy atom. The molecule has 0 saturated heterocycles. The van der Waals surface area contributed by atoms with E-state index in [1.807, 2.05) is 12.1 Å². The van der Waals surface area contributed by atoms with Crippen LogP contribution >= 0.6 is 23.2 Å². The zero-order valence-electron chi connectivity index (χ0n) is 13.6. The van der Waals surface area contributed by atoms with Crippen LogP contribution in [0, 0.1) is 12.3 Å².